The van der Waals surface area contributed by atoms with Crippen LogP contribution in [-0.2, 0) is 9.53 Å². The van der Waals surface area contributed by atoms with Gasteiger partial charge in [-0.3, -0.25) is 9.59 Å². The van der Waals surface area contributed by atoms with Crippen molar-refractivity contribution in [2.45, 2.75) is 19.4 Å². The van der Waals surface area contributed by atoms with E-state index in [-0.39, 0.29) is 24.3 Å². The molecule has 1 aliphatic rings. The summed E-state index contributed by atoms with van der Waals surface area (Å²) in [7, 11) is 0. The molecular weight excluding hydrogens is 352 g/mol. The Labute approximate surface area is 156 Å². The quantitative estimate of drug-likeness (QED) is 0.844. The summed E-state index contributed by atoms with van der Waals surface area (Å²) in [6.45, 7) is 3.83. The highest BCUT2D eigenvalue weighted by molar-refractivity contribution is 7.12. The molecule has 26 heavy (non-hydrogen) atoms. The molecule has 2 amide bonds. The average molecular weight is 374 g/mol. The Morgan fingerprint density at radius 1 is 1.35 bits per heavy atom. The Morgan fingerprint density at radius 3 is 3.00 bits per heavy atom. The number of anilines is 1. The van der Waals surface area contributed by atoms with E-state index in [1.165, 1.54) is 11.3 Å². The van der Waals surface area contributed by atoms with E-state index in [4.69, 9.17) is 9.47 Å². The second-order valence-corrected chi connectivity index (χ2v) is 6.87. The van der Waals surface area contributed by atoms with Gasteiger partial charge < -0.3 is 19.7 Å². The number of hydrogen-bond acceptors (Lipinski definition) is 5. The van der Waals surface area contributed by atoms with Crippen molar-refractivity contribution in [3.05, 3.63) is 46.7 Å². The first-order valence-corrected chi connectivity index (χ1v) is 9.50. The number of hydrogen-bond donors (Lipinski definition) is 1. The molecule has 1 aromatic heterocycles. The van der Waals surface area contributed by atoms with Gasteiger partial charge in [0.25, 0.3) is 5.91 Å². The third-order valence-corrected chi connectivity index (χ3v) is 4.93. The third-order valence-electron chi connectivity index (χ3n) is 4.07. The number of carbonyl (C=O) groups excluding carboxylic acids is 2. The van der Waals surface area contributed by atoms with Crippen LogP contribution < -0.4 is 10.1 Å². The molecule has 0 radical (unpaired) electrons. The van der Waals surface area contributed by atoms with Crippen LogP contribution in [0.3, 0.4) is 0 Å². The maximum atomic E-state index is 12.7. The molecule has 1 atom stereocenters. The van der Waals surface area contributed by atoms with Gasteiger partial charge in [0.05, 0.1) is 30.7 Å². The zero-order chi connectivity index (χ0) is 18.4. The van der Waals surface area contributed by atoms with Gasteiger partial charge in [0.1, 0.15) is 5.75 Å². The summed E-state index contributed by atoms with van der Waals surface area (Å²) in [4.78, 5) is 27.5. The molecule has 2 heterocycles. The summed E-state index contributed by atoms with van der Waals surface area (Å²) in [6.07, 6.45) is 0.190. The molecule has 1 N–H and O–H groups in total. The molecule has 6 nitrogen and oxygen atoms in total. The second-order valence-electron chi connectivity index (χ2n) is 5.92. The van der Waals surface area contributed by atoms with Crippen LogP contribution >= 0.6 is 11.3 Å². The zero-order valence-electron chi connectivity index (χ0n) is 14.6. The highest BCUT2D eigenvalue weighted by atomic mass is 32.1. The van der Waals surface area contributed by atoms with Gasteiger partial charge in [-0.05, 0) is 30.5 Å². The minimum absolute atomic E-state index is 0.0422. The van der Waals surface area contributed by atoms with E-state index in [0.29, 0.717) is 42.7 Å². The number of thiophene rings is 1. The highest BCUT2D eigenvalue weighted by Gasteiger charge is 2.30. The number of amides is 2. The summed E-state index contributed by atoms with van der Waals surface area (Å²) in [5.74, 6) is 0.512. The summed E-state index contributed by atoms with van der Waals surface area (Å²) in [5.41, 5.74) is 0.675. The minimum Gasteiger partial charge on any atom is -0.494 e. The van der Waals surface area contributed by atoms with E-state index < -0.39 is 0 Å². The van der Waals surface area contributed by atoms with Gasteiger partial charge in [-0.25, -0.2) is 0 Å². The topological polar surface area (TPSA) is 67.9 Å². The number of nitrogens with zero attached hydrogens (tertiary/aromatic N) is 1. The first-order valence-electron chi connectivity index (χ1n) is 8.62. The van der Waals surface area contributed by atoms with Crippen LogP contribution in [0.1, 0.15) is 23.0 Å². The largest absolute Gasteiger partial charge is 0.494 e. The molecule has 1 fully saturated rings. The van der Waals surface area contributed by atoms with Crippen LogP contribution in [0.4, 0.5) is 5.69 Å². The number of nitrogens with one attached hydrogen (secondary N) is 1. The lowest BCUT2D eigenvalue weighted by Crippen LogP contribution is -2.49. The Bertz CT molecular complexity index is 748. The van der Waals surface area contributed by atoms with Crippen LogP contribution in [0.25, 0.3) is 0 Å². The van der Waals surface area contributed by atoms with Crippen LogP contribution in [0, 0.1) is 0 Å². The fourth-order valence-electron chi connectivity index (χ4n) is 2.89. The fourth-order valence-corrected chi connectivity index (χ4v) is 3.57. The molecule has 2 aromatic rings. The molecule has 1 aliphatic heterocycles. The van der Waals surface area contributed by atoms with E-state index in [9.17, 15) is 9.59 Å². The molecule has 7 heteroatoms. The maximum absolute atomic E-state index is 12.7. The number of carbonyl (C=O) groups is 2. The molecule has 0 saturated carbocycles. The zero-order valence-corrected chi connectivity index (χ0v) is 15.5. The Balaban J connectivity index is 1.63. The molecule has 3 rings (SSSR count). The van der Waals surface area contributed by atoms with Gasteiger partial charge in [-0.15, -0.1) is 11.3 Å². The molecule has 0 aliphatic carbocycles. The van der Waals surface area contributed by atoms with Gasteiger partial charge >= 0.3 is 0 Å². The lowest BCUT2D eigenvalue weighted by Gasteiger charge is -2.35. The molecule has 138 valence electrons. The Morgan fingerprint density at radius 2 is 2.23 bits per heavy atom. The first kappa shape index (κ1) is 18.4. The second kappa shape index (κ2) is 8.82. The summed E-state index contributed by atoms with van der Waals surface area (Å²) in [6, 6.07) is 10.7. The van der Waals surface area contributed by atoms with Crippen molar-refractivity contribution in [1.82, 2.24) is 4.90 Å². The van der Waals surface area contributed by atoms with Crippen LogP contribution in [0.2, 0.25) is 0 Å². The normalized spacial score (nSPS) is 17.0. The van der Waals surface area contributed by atoms with Crippen LogP contribution in [-0.4, -0.2) is 49.1 Å². The number of ether oxygens (including phenoxy) is 2. The van der Waals surface area contributed by atoms with Crippen LogP contribution in [0.15, 0.2) is 41.8 Å². The molecule has 1 aromatic carbocycles. The molecule has 1 unspecified atom stereocenters. The van der Waals surface area contributed by atoms with Crippen molar-refractivity contribution in [1.29, 1.82) is 0 Å². The van der Waals surface area contributed by atoms with Gasteiger partial charge in [0.15, 0.2) is 0 Å². The Hall–Kier alpha value is -2.38. The van der Waals surface area contributed by atoms with Crippen molar-refractivity contribution in [3.8, 4) is 5.75 Å². The summed E-state index contributed by atoms with van der Waals surface area (Å²) >= 11 is 1.41. The number of benzene rings is 1. The molecule has 0 spiro atoms. The predicted octanol–water partition coefficient (Wildman–Crippen LogP) is 3.02. The van der Waals surface area contributed by atoms with Crippen molar-refractivity contribution in [2.75, 3.05) is 31.7 Å². The molecular formula is C19H22N2O4S. The first-order chi connectivity index (χ1) is 12.7. The molecule has 0 bridgehead atoms. The van der Waals surface area contributed by atoms with E-state index in [0.717, 1.165) is 0 Å². The minimum atomic E-state index is -0.270. The monoisotopic (exact) mass is 374 g/mol. The number of morpholine rings is 1. The van der Waals surface area contributed by atoms with E-state index in [1.807, 2.05) is 36.6 Å². The smallest absolute Gasteiger partial charge is 0.264 e. The van der Waals surface area contributed by atoms with Crippen molar-refractivity contribution < 1.29 is 19.1 Å². The maximum Gasteiger partial charge on any atom is 0.264 e. The van der Waals surface area contributed by atoms with E-state index in [1.54, 1.807) is 17.0 Å². The van der Waals surface area contributed by atoms with E-state index in [2.05, 4.69) is 5.32 Å². The predicted molar refractivity (Wildman–Crippen MR) is 101 cm³/mol. The molecule has 1 saturated heterocycles. The van der Waals surface area contributed by atoms with Gasteiger partial charge in [-0.1, -0.05) is 12.1 Å². The summed E-state index contributed by atoms with van der Waals surface area (Å²) in [5, 5.41) is 4.75. The van der Waals surface area contributed by atoms with Crippen molar-refractivity contribution >= 4 is 28.8 Å². The van der Waals surface area contributed by atoms with E-state index >= 15 is 0 Å². The lowest BCUT2D eigenvalue weighted by atomic mass is 10.1. The van der Waals surface area contributed by atoms with Gasteiger partial charge in [-0.2, -0.15) is 0 Å². The summed E-state index contributed by atoms with van der Waals surface area (Å²) < 4.78 is 10.9. The average Bonchev–Trinajstić information content (AvgIpc) is 3.17. The standard InChI is InChI=1S/C19H22N2O4S/c1-2-25-16-6-3-5-14(11-16)20-18(22)12-15-13-24-9-8-21(15)19(23)17-7-4-10-26-17/h3-7,10-11,15H,2,8-9,12-13H2,1H3,(H,20,22). The van der Waals surface area contributed by atoms with Gasteiger partial charge in [0, 0.05) is 24.7 Å². The van der Waals surface area contributed by atoms with Crippen molar-refractivity contribution in [2.24, 2.45) is 0 Å². The third kappa shape index (κ3) is 4.62. The van der Waals surface area contributed by atoms with Gasteiger partial charge in [0.2, 0.25) is 5.91 Å². The SMILES string of the molecule is CCOc1cccc(NC(=O)CC2COCCN2C(=O)c2cccs2)c1. The highest BCUT2D eigenvalue weighted by Crippen LogP contribution is 2.20. The fraction of sp³-hybridized carbons (Fsp3) is 0.368. The lowest BCUT2D eigenvalue weighted by molar-refractivity contribution is -0.118. The Kier molecular flexibility index (Phi) is 6.25. The number of rotatable bonds is 6. The van der Waals surface area contributed by atoms with Crippen molar-refractivity contribution in [3.63, 3.8) is 0 Å². The van der Waals surface area contributed by atoms with Crippen LogP contribution in [0.5, 0.6) is 5.75 Å².